The number of nitrogens with one attached hydrogen (secondary N) is 2. The van der Waals surface area contributed by atoms with Crippen molar-refractivity contribution in [3.63, 3.8) is 0 Å². The molecule has 0 bridgehead atoms. The fourth-order valence-electron chi connectivity index (χ4n) is 3.05. The number of anilines is 1. The number of ketones is 1. The molecule has 1 aromatic carbocycles. The minimum absolute atomic E-state index is 0.0886. The van der Waals surface area contributed by atoms with E-state index in [1.807, 2.05) is 25.1 Å². The number of hydrogen-bond donors (Lipinski definition) is 2. The molecule has 0 spiro atoms. The van der Waals surface area contributed by atoms with Crippen LogP contribution in [0.1, 0.15) is 64.4 Å². The summed E-state index contributed by atoms with van der Waals surface area (Å²) in [4.78, 5) is 27.8. The molecule has 1 aromatic heterocycles. The first-order chi connectivity index (χ1) is 11.8. The number of hydrogen-bond acceptors (Lipinski definition) is 4. The Balaban J connectivity index is 2.29. The quantitative estimate of drug-likeness (QED) is 0.609. The second kappa shape index (κ2) is 7.55. The Morgan fingerprint density at radius 3 is 2.36 bits per heavy atom. The maximum Gasteiger partial charge on any atom is 0.339 e. The number of Topliss-reactive ketones (excluding diaryl/α,β-unsaturated/α-hetero) is 1. The van der Waals surface area contributed by atoms with Crippen molar-refractivity contribution in [2.75, 3.05) is 12.4 Å². The van der Waals surface area contributed by atoms with Crippen molar-refractivity contribution in [1.29, 1.82) is 0 Å². The molecule has 5 nitrogen and oxygen atoms in total. The minimum Gasteiger partial charge on any atom is -0.465 e. The van der Waals surface area contributed by atoms with Gasteiger partial charge in [0.25, 0.3) is 0 Å². The predicted molar refractivity (Wildman–Crippen MR) is 99.6 cm³/mol. The van der Waals surface area contributed by atoms with Crippen LogP contribution in [0, 0.1) is 13.8 Å². The third kappa shape index (κ3) is 3.76. The molecule has 5 heteroatoms. The van der Waals surface area contributed by atoms with Gasteiger partial charge in [0, 0.05) is 11.4 Å². The Labute approximate surface area is 148 Å². The molecule has 0 amide bonds. The molecular weight excluding hydrogens is 316 g/mol. The maximum absolute atomic E-state index is 12.9. The van der Waals surface area contributed by atoms with E-state index in [0.717, 1.165) is 11.3 Å². The molecule has 0 saturated carbocycles. The van der Waals surface area contributed by atoms with E-state index in [0.29, 0.717) is 28.4 Å². The van der Waals surface area contributed by atoms with Gasteiger partial charge in [0.1, 0.15) is 0 Å². The zero-order valence-electron chi connectivity index (χ0n) is 15.7. The minimum atomic E-state index is -0.434. The average molecular weight is 342 g/mol. The van der Waals surface area contributed by atoms with Crippen molar-refractivity contribution < 1.29 is 14.3 Å². The van der Waals surface area contributed by atoms with Crippen molar-refractivity contribution in [1.82, 2.24) is 4.98 Å². The number of H-pyrrole nitrogens is 1. The molecule has 0 radical (unpaired) electrons. The summed E-state index contributed by atoms with van der Waals surface area (Å²) >= 11 is 0. The molecule has 2 aromatic rings. The van der Waals surface area contributed by atoms with Gasteiger partial charge >= 0.3 is 5.97 Å². The van der Waals surface area contributed by atoms with Crippen LogP contribution in [0.15, 0.2) is 24.3 Å². The van der Waals surface area contributed by atoms with Crippen LogP contribution in [0.25, 0.3) is 0 Å². The van der Waals surface area contributed by atoms with Gasteiger partial charge in [-0.1, -0.05) is 32.0 Å². The van der Waals surface area contributed by atoms with Gasteiger partial charge in [-0.05, 0) is 43.9 Å². The van der Waals surface area contributed by atoms with Gasteiger partial charge in [-0.3, -0.25) is 4.79 Å². The summed E-state index contributed by atoms with van der Waals surface area (Å²) in [6.07, 6.45) is 0. The number of carbonyl (C=O) groups is 2. The maximum atomic E-state index is 12.9. The van der Waals surface area contributed by atoms with Gasteiger partial charge in [-0.15, -0.1) is 0 Å². The van der Waals surface area contributed by atoms with Gasteiger partial charge in [-0.25, -0.2) is 4.79 Å². The highest BCUT2D eigenvalue weighted by Gasteiger charge is 2.25. The van der Waals surface area contributed by atoms with Crippen LogP contribution in [-0.2, 0) is 4.74 Å². The van der Waals surface area contributed by atoms with Gasteiger partial charge in [0.2, 0.25) is 5.78 Å². The van der Waals surface area contributed by atoms with E-state index in [2.05, 4.69) is 30.2 Å². The molecule has 1 heterocycles. The SMILES string of the molecule is COC(=O)c1c(C)[nH]c(C(=O)[C@H](C)Nc2ccccc2C(C)C)c1C. The Bertz CT molecular complexity index is 790. The largest absolute Gasteiger partial charge is 0.465 e. The molecule has 134 valence electrons. The second-order valence-electron chi connectivity index (χ2n) is 6.59. The Morgan fingerprint density at radius 1 is 1.12 bits per heavy atom. The number of para-hydroxylation sites is 1. The molecule has 0 aliphatic heterocycles. The van der Waals surface area contributed by atoms with Crippen molar-refractivity contribution >= 4 is 17.4 Å². The lowest BCUT2D eigenvalue weighted by Crippen LogP contribution is -2.27. The second-order valence-corrected chi connectivity index (χ2v) is 6.59. The Morgan fingerprint density at radius 2 is 1.76 bits per heavy atom. The molecule has 0 unspecified atom stereocenters. The van der Waals surface area contributed by atoms with E-state index in [-0.39, 0.29) is 5.78 Å². The summed E-state index contributed by atoms with van der Waals surface area (Å²) in [7, 11) is 1.34. The lowest BCUT2D eigenvalue weighted by atomic mass is 10.00. The molecule has 1 atom stereocenters. The summed E-state index contributed by atoms with van der Waals surface area (Å²) in [5.74, 6) is -0.170. The standard InChI is InChI=1S/C20H26N2O3/c1-11(2)15-9-7-8-10-16(15)21-14(5)19(23)18-12(3)17(13(4)22-18)20(24)25-6/h7-11,14,21-22H,1-6H3/t14-/m0/s1. The zero-order valence-corrected chi connectivity index (χ0v) is 15.7. The molecule has 0 aliphatic rings. The Kier molecular flexibility index (Phi) is 5.67. The van der Waals surface area contributed by atoms with Gasteiger partial charge in [0.05, 0.1) is 24.4 Å². The number of benzene rings is 1. The molecule has 0 fully saturated rings. The Hall–Kier alpha value is -2.56. The first-order valence-electron chi connectivity index (χ1n) is 8.45. The van der Waals surface area contributed by atoms with Crippen LogP contribution in [0.3, 0.4) is 0 Å². The third-order valence-electron chi connectivity index (χ3n) is 4.42. The predicted octanol–water partition coefficient (Wildman–Crippen LogP) is 4.22. The number of rotatable bonds is 6. The third-order valence-corrected chi connectivity index (χ3v) is 4.42. The molecule has 25 heavy (non-hydrogen) atoms. The van der Waals surface area contributed by atoms with Gasteiger partial charge < -0.3 is 15.0 Å². The summed E-state index contributed by atoms with van der Waals surface area (Å²) < 4.78 is 4.80. The van der Waals surface area contributed by atoms with Crippen LogP contribution < -0.4 is 5.32 Å². The van der Waals surface area contributed by atoms with Crippen molar-refractivity contribution in [3.05, 3.63) is 52.3 Å². The lowest BCUT2D eigenvalue weighted by molar-refractivity contribution is 0.0599. The highest BCUT2D eigenvalue weighted by Crippen LogP contribution is 2.26. The van der Waals surface area contributed by atoms with Gasteiger partial charge in [-0.2, -0.15) is 0 Å². The van der Waals surface area contributed by atoms with Gasteiger partial charge in [0.15, 0.2) is 0 Å². The van der Waals surface area contributed by atoms with E-state index in [4.69, 9.17) is 4.74 Å². The monoisotopic (exact) mass is 342 g/mol. The topological polar surface area (TPSA) is 71.2 Å². The number of aryl methyl sites for hydroxylation is 1. The summed E-state index contributed by atoms with van der Waals surface area (Å²) in [5, 5.41) is 3.30. The van der Waals surface area contributed by atoms with E-state index >= 15 is 0 Å². The molecule has 0 aliphatic carbocycles. The van der Waals surface area contributed by atoms with Crippen molar-refractivity contribution in [3.8, 4) is 0 Å². The summed E-state index contributed by atoms with van der Waals surface area (Å²) in [6.45, 7) is 9.59. The van der Waals surface area contributed by atoms with Crippen LogP contribution in [0.4, 0.5) is 5.69 Å². The normalized spacial score (nSPS) is 12.1. The molecule has 0 saturated heterocycles. The fraction of sp³-hybridized carbons (Fsp3) is 0.400. The van der Waals surface area contributed by atoms with Crippen molar-refractivity contribution in [2.24, 2.45) is 0 Å². The first-order valence-corrected chi connectivity index (χ1v) is 8.45. The number of esters is 1. The highest BCUT2D eigenvalue weighted by atomic mass is 16.5. The average Bonchev–Trinajstić information content (AvgIpc) is 2.88. The zero-order chi connectivity index (χ0) is 18.7. The molecular formula is C20H26N2O3. The number of methoxy groups -OCH3 is 1. The lowest BCUT2D eigenvalue weighted by Gasteiger charge is -2.19. The fourth-order valence-corrected chi connectivity index (χ4v) is 3.05. The number of aromatic nitrogens is 1. The smallest absolute Gasteiger partial charge is 0.339 e. The van der Waals surface area contributed by atoms with Crippen LogP contribution in [0.2, 0.25) is 0 Å². The first kappa shape index (κ1) is 18.8. The van der Waals surface area contributed by atoms with Crippen LogP contribution >= 0.6 is 0 Å². The van der Waals surface area contributed by atoms with Crippen molar-refractivity contribution in [2.45, 2.75) is 46.6 Å². The summed E-state index contributed by atoms with van der Waals surface area (Å²) in [5.41, 5.74) is 4.26. The van der Waals surface area contributed by atoms with E-state index in [1.165, 1.54) is 7.11 Å². The highest BCUT2D eigenvalue weighted by molar-refractivity contribution is 6.04. The summed E-state index contributed by atoms with van der Waals surface area (Å²) in [6, 6.07) is 7.55. The van der Waals surface area contributed by atoms with Crippen LogP contribution in [-0.4, -0.2) is 29.9 Å². The van der Waals surface area contributed by atoms with Crippen LogP contribution in [0.5, 0.6) is 0 Å². The number of ether oxygens (including phenoxy) is 1. The molecule has 2 N–H and O–H groups in total. The molecule has 2 rings (SSSR count). The van der Waals surface area contributed by atoms with E-state index < -0.39 is 12.0 Å². The number of aromatic amines is 1. The van der Waals surface area contributed by atoms with E-state index in [1.54, 1.807) is 13.8 Å². The van der Waals surface area contributed by atoms with E-state index in [9.17, 15) is 9.59 Å². The number of carbonyl (C=O) groups excluding carboxylic acids is 2.